The van der Waals surface area contributed by atoms with Gasteiger partial charge in [-0.15, -0.1) is 0 Å². The molecule has 3 N–H and O–H groups in total. The molecule has 2 heterocycles. The Labute approximate surface area is 152 Å². The van der Waals surface area contributed by atoms with Crippen LogP contribution in [0.3, 0.4) is 0 Å². The summed E-state index contributed by atoms with van der Waals surface area (Å²) in [6.07, 6.45) is 0.0901. The maximum atomic E-state index is 12.5. The standard InChI is InChI=1S/C19H24N4O3/c1-13-7-8-17(26-13)16(24)11-21-19(20-2)22-12-18(25)23-10-9-14-5-3-4-6-15(14)23/h3-8,16,24H,9-12H2,1-2H3,(H2,20,21,22). The zero-order chi connectivity index (χ0) is 18.5. The fourth-order valence-electron chi connectivity index (χ4n) is 3.00. The second kappa shape index (κ2) is 8.05. The van der Waals surface area contributed by atoms with Crippen molar-refractivity contribution in [2.75, 3.05) is 31.6 Å². The van der Waals surface area contributed by atoms with E-state index in [1.165, 1.54) is 5.56 Å². The lowest BCUT2D eigenvalue weighted by molar-refractivity contribution is -0.117. The number of hydrogen-bond donors (Lipinski definition) is 3. The molecule has 0 aliphatic carbocycles. The Bertz CT molecular complexity index is 800. The highest BCUT2D eigenvalue weighted by Crippen LogP contribution is 2.27. The van der Waals surface area contributed by atoms with Crippen molar-refractivity contribution in [2.24, 2.45) is 4.99 Å². The number of amides is 1. The maximum absolute atomic E-state index is 12.5. The van der Waals surface area contributed by atoms with Crippen molar-refractivity contribution in [3.8, 4) is 0 Å². The number of benzene rings is 1. The molecule has 0 spiro atoms. The Morgan fingerprint density at radius 1 is 1.31 bits per heavy atom. The monoisotopic (exact) mass is 356 g/mol. The number of furan rings is 1. The van der Waals surface area contributed by atoms with Gasteiger partial charge in [0.2, 0.25) is 5.91 Å². The number of aliphatic hydroxyl groups is 1. The molecule has 0 fully saturated rings. The van der Waals surface area contributed by atoms with E-state index in [1.807, 2.05) is 31.2 Å². The van der Waals surface area contributed by atoms with Crippen molar-refractivity contribution in [2.45, 2.75) is 19.4 Å². The maximum Gasteiger partial charge on any atom is 0.246 e. The lowest BCUT2D eigenvalue weighted by atomic mass is 10.2. The van der Waals surface area contributed by atoms with E-state index in [1.54, 1.807) is 24.1 Å². The minimum Gasteiger partial charge on any atom is -0.464 e. The summed E-state index contributed by atoms with van der Waals surface area (Å²) in [5, 5.41) is 16.1. The summed E-state index contributed by atoms with van der Waals surface area (Å²) in [6, 6.07) is 11.5. The van der Waals surface area contributed by atoms with Gasteiger partial charge >= 0.3 is 0 Å². The Morgan fingerprint density at radius 2 is 2.12 bits per heavy atom. The smallest absolute Gasteiger partial charge is 0.246 e. The number of aliphatic hydroxyl groups excluding tert-OH is 1. The number of fused-ring (bicyclic) bond motifs is 1. The number of aliphatic imine (C=N–C) groups is 1. The van der Waals surface area contributed by atoms with E-state index < -0.39 is 6.10 Å². The molecule has 0 saturated carbocycles. The van der Waals surface area contributed by atoms with Gasteiger partial charge in [0, 0.05) is 19.3 Å². The highest BCUT2D eigenvalue weighted by Gasteiger charge is 2.24. The van der Waals surface area contributed by atoms with Crippen LogP contribution >= 0.6 is 0 Å². The molecule has 1 aromatic carbocycles. The molecule has 0 saturated heterocycles. The molecule has 1 aromatic heterocycles. The summed E-state index contributed by atoms with van der Waals surface area (Å²) in [4.78, 5) is 18.4. The third kappa shape index (κ3) is 4.05. The molecule has 7 nitrogen and oxygen atoms in total. The summed E-state index contributed by atoms with van der Waals surface area (Å²) < 4.78 is 5.40. The molecule has 1 amide bonds. The van der Waals surface area contributed by atoms with E-state index in [0.717, 1.165) is 17.9 Å². The van der Waals surface area contributed by atoms with Gasteiger partial charge in [0.15, 0.2) is 5.96 Å². The van der Waals surface area contributed by atoms with E-state index in [2.05, 4.69) is 15.6 Å². The third-order valence-electron chi connectivity index (χ3n) is 4.37. The Morgan fingerprint density at radius 3 is 2.85 bits per heavy atom. The molecule has 138 valence electrons. The van der Waals surface area contributed by atoms with Crippen LogP contribution in [-0.2, 0) is 11.2 Å². The molecule has 1 aliphatic heterocycles. The highest BCUT2D eigenvalue weighted by molar-refractivity contribution is 5.98. The van der Waals surface area contributed by atoms with Crippen LogP contribution in [0.15, 0.2) is 45.8 Å². The molecule has 1 aliphatic rings. The highest BCUT2D eigenvalue weighted by atomic mass is 16.4. The number of nitrogens with zero attached hydrogens (tertiary/aromatic N) is 2. The molecular weight excluding hydrogens is 332 g/mol. The first-order valence-electron chi connectivity index (χ1n) is 8.65. The van der Waals surface area contributed by atoms with E-state index in [-0.39, 0.29) is 19.0 Å². The number of hydrogen-bond acceptors (Lipinski definition) is 4. The third-order valence-corrected chi connectivity index (χ3v) is 4.37. The zero-order valence-electron chi connectivity index (χ0n) is 15.0. The minimum absolute atomic E-state index is 0.0138. The predicted octanol–water partition coefficient (Wildman–Crippen LogP) is 1.38. The molecule has 3 rings (SSSR count). The van der Waals surface area contributed by atoms with E-state index in [4.69, 9.17) is 4.42 Å². The Kier molecular flexibility index (Phi) is 5.58. The van der Waals surface area contributed by atoms with Crippen LogP contribution in [-0.4, -0.2) is 43.7 Å². The number of carbonyl (C=O) groups excluding carboxylic acids is 1. The summed E-state index contributed by atoms with van der Waals surface area (Å²) in [6.45, 7) is 2.88. The van der Waals surface area contributed by atoms with Crippen molar-refractivity contribution in [3.63, 3.8) is 0 Å². The SMILES string of the molecule is CN=C(NCC(=O)N1CCc2ccccc21)NCC(O)c1ccc(C)o1. The fourth-order valence-corrected chi connectivity index (χ4v) is 3.00. The topological polar surface area (TPSA) is 90.1 Å². The normalized spacial score (nSPS) is 14.9. The Hall–Kier alpha value is -2.80. The number of anilines is 1. The number of guanidine groups is 1. The van der Waals surface area contributed by atoms with Gasteiger partial charge in [-0.2, -0.15) is 0 Å². The Balaban J connectivity index is 1.49. The van der Waals surface area contributed by atoms with Crippen molar-refractivity contribution < 1.29 is 14.3 Å². The fraction of sp³-hybridized carbons (Fsp3) is 0.368. The first-order chi connectivity index (χ1) is 12.6. The van der Waals surface area contributed by atoms with Gasteiger partial charge in [-0.3, -0.25) is 9.79 Å². The summed E-state index contributed by atoms with van der Waals surface area (Å²) in [5.41, 5.74) is 2.17. The minimum atomic E-state index is -0.789. The number of carbonyl (C=O) groups is 1. The molecule has 1 atom stereocenters. The molecule has 7 heteroatoms. The average molecular weight is 356 g/mol. The van der Waals surface area contributed by atoms with Gasteiger partial charge in [0.05, 0.1) is 13.1 Å². The second-order valence-electron chi connectivity index (χ2n) is 6.19. The van der Waals surface area contributed by atoms with Gasteiger partial charge in [0.25, 0.3) is 0 Å². The number of rotatable bonds is 5. The zero-order valence-corrected chi connectivity index (χ0v) is 15.0. The van der Waals surface area contributed by atoms with Crippen molar-refractivity contribution in [3.05, 3.63) is 53.5 Å². The summed E-state index contributed by atoms with van der Waals surface area (Å²) in [5.74, 6) is 1.68. The molecule has 26 heavy (non-hydrogen) atoms. The van der Waals surface area contributed by atoms with E-state index >= 15 is 0 Å². The predicted molar refractivity (Wildman–Crippen MR) is 100 cm³/mol. The molecule has 0 bridgehead atoms. The van der Waals surface area contributed by atoms with Gasteiger partial charge in [-0.25, -0.2) is 0 Å². The molecule has 2 aromatic rings. The quantitative estimate of drug-likeness (QED) is 0.556. The van der Waals surface area contributed by atoms with Crippen LogP contribution in [0, 0.1) is 6.92 Å². The van der Waals surface area contributed by atoms with Crippen molar-refractivity contribution in [1.29, 1.82) is 0 Å². The van der Waals surface area contributed by atoms with E-state index in [0.29, 0.717) is 18.3 Å². The molecular formula is C19H24N4O3. The lowest BCUT2D eigenvalue weighted by Gasteiger charge is -2.19. The lowest BCUT2D eigenvalue weighted by Crippen LogP contribution is -2.45. The average Bonchev–Trinajstić information content (AvgIpc) is 3.27. The number of aryl methyl sites for hydroxylation is 1. The van der Waals surface area contributed by atoms with Crippen molar-refractivity contribution in [1.82, 2.24) is 10.6 Å². The van der Waals surface area contributed by atoms with Crippen LogP contribution < -0.4 is 15.5 Å². The van der Waals surface area contributed by atoms with Crippen molar-refractivity contribution >= 4 is 17.6 Å². The van der Waals surface area contributed by atoms with Crippen LogP contribution in [0.2, 0.25) is 0 Å². The number of nitrogens with one attached hydrogen (secondary N) is 2. The summed E-state index contributed by atoms with van der Waals surface area (Å²) in [7, 11) is 1.62. The van der Waals surface area contributed by atoms with E-state index in [9.17, 15) is 9.90 Å². The van der Waals surface area contributed by atoms with Crippen LogP contribution in [0.25, 0.3) is 0 Å². The van der Waals surface area contributed by atoms with Crippen LogP contribution in [0.5, 0.6) is 0 Å². The molecule has 0 radical (unpaired) electrons. The first kappa shape index (κ1) is 18.0. The van der Waals surface area contributed by atoms with Gasteiger partial charge in [-0.1, -0.05) is 18.2 Å². The molecule has 1 unspecified atom stereocenters. The van der Waals surface area contributed by atoms with Crippen LogP contribution in [0.1, 0.15) is 23.2 Å². The van der Waals surface area contributed by atoms with Gasteiger partial charge in [0.1, 0.15) is 17.6 Å². The second-order valence-corrected chi connectivity index (χ2v) is 6.19. The number of para-hydroxylation sites is 1. The summed E-state index contributed by atoms with van der Waals surface area (Å²) >= 11 is 0. The van der Waals surface area contributed by atoms with Crippen LogP contribution in [0.4, 0.5) is 5.69 Å². The largest absolute Gasteiger partial charge is 0.464 e. The first-order valence-corrected chi connectivity index (χ1v) is 8.65. The van der Waals surface area contributed by atoms with Gasteiger partial charge in [-0.05, 0) is 37.1 Å². The van der Waals surface area contributed by atoms with Gasteiger partial charge < -0.3 is 25.1 Å².